The van der Waals surface area contributed by atoms with E-state index in [9.17, 15) is 30.7 Å². The van der Waals surface area contributed by atoms with Crippen LogP contribution in [0.3, 0.4) is 0 Å². The molecule has 0 spiro atoms. The summed E-state index contributed by atoms with van der Waals surface area (Å²) in [5.41, 5.74) is 6.26. The molecule has 1 aromatic carbocycles. The molecule has 0 aromatic heterocycles. The Morgan fingerprint density at radius 2 is 1.55 bits per heavy atom. The van der Waals surface area contributed by atoms with Gasteiger partial charge in [0.1, 0.15) is 5.82 Å². The van der Waals surface area contributed by atoms with Crippen LogP contribution in [0, 0.1) is 5.82 Å². The number of hydrogen-bond donors (Lipinski definition) is 2. The lowest BCUT2D eigenvalue weighted by Crippen LogP contribution is -2.22. The van der Waals surface area contributed by atoms with Crippen LogP contribution in [0.25, 0.3) is 0 Å². The average Bonchev–Trinajstić information content (AvgIpc) is 2.32. The number of benzene rings is 1. The predicted molar refractivity (Wildman–Crippen MR) is 68.9 cm³/mol. The molecule has 1 aromatic rings. The lowest BCUT2D eigenvalue weighted by molar-refractivity contribution is -0.144. The highest BCUT2D eigenvalue weighted by molar-refractivity contribution is 5.85. The third-order valence-electron chi connectivity index (χ3n) is 2.85. The molecule has 128 valence electrons. The molecule has 4 N–H and O–H groups in total. The van der Waals surface area contributed by atoms with Gasteiger partial charge < -0.3 is 11.5 Å². The van der Waals surface area contributed by atoms with E-state index < -0.39 is 40.9 Å². The normalized spacial score (nSPS) is 13.7. The SMILES string of the molecule is Cl.NCCC[C@H](N)c1c(F)cc(C(F)(F)F)cc1C(F)(F)F. The van der Waals surface area contributed by atoms with Crippen LogP contribution in [0.2, 0.25) is 0 Å². The second-order valence-corrected chi connectivity index (χ2v) is 4.45. The summed E-state index contributed by atoms with van der Waals surface area (Å²) < 4.78 is 89.8. The van der Waals surface area contributed by atoms with Crippen LogP contribution in [0.4, 0.5) is 30.7 Å². The monoisotopic (exact) mass is 354 g/mol. The smallest absolute Gasteiger partial charge is 0.330 e. The predicted octanol–water partition coefficient (Wildman–Crippen LogP) is 4.02. The fraction of sp³-hybridized carbons (Fsp3) is 0.500. The molecule has 0 heterocycles. The van der Waals surface area contributed by atoms with Gasteiger partial charge in [0.2, 0.25) is 0 Å². The van der Waals surface area contributed by atoms with Crippen LogP contribution in [-0.2, 0) is 12.4 Å². The van der Waals surface area contributed by atoms with E-state index in [4.69, 9.17) is 11.5 Å². The maximum Gasteiger partial charge on any atom is 0.416 e. The summed E-state index contributed by atoms with van der Waals surface area (Å²) in [6.07, 6.45) is -10.1. The zero-order chi connectivity index (χ0) is 16.4. The minimum absolute atomic E-state index is 0. The summed E-state index contributed by atoms with van der Waals surface area (Å²) in [6.45, 7) is 0.122. The molecule has 0 saturated heterocycles. The molecule has 0 bridgehead atoms. The van der Waals surface area contributed by atoms with Crippen molar-refractivity contribution in [3.05, 3.63) is 34.6 Å². The topological polar surface area (TPSA) is 52.0 Å². The Balaban J connectivity index is 0.00000441. The molecule has 0 radical (unpaired) electrons. The highest BCUT2D eigenvalue weighted by Crippen LogP contribution is 2.40. The van der Waals surface area contributed by atoms with Gasteiger partial charge in [-0.3, -0.25) is 0 Å². The molecule has 0 amide bonds. The van der Waals surface area contributed by atoms with E-state index in [-0.39, 0.29) is 43.9 Å². The Labute approximate surface area is 128 Å². The Kier molecular flexibility index (Phi) is 7.11. The Bertz CT molecular complexity index is 499. The maximum absolute atomic E-state index is 13.7. The average molecular weight is 355 g/mol. The number of hydrogen-bond acceptors (Lipinski definition) is 2. The van der Waals surface area contributed by atoms with Crippen LogP contribution in [0.1, 0.15) is 35.6 Å². The molecule has 0 unspecified atom stereocenters. The molecular weight excluding hydrogens is 341 g/mol. The molecule has 0 aliphatic rings. The van der Waals surface area contributed by atoms with Crippen molar-refractivity contribution < 1.29 is 30.7 Å². The van der Waals surface area contributed by atoms with Crippen molar-refractivity contribution >= 4 is 12.4 Å². The highest BCUT2D eigenvalue weighted by atomic mass is 35.5. The quantitative estimate of drug-likeness (QED) is 0.802. The first kappa shape index (κ1) is 20.9. The number of rotatable bonds is 4. The number of alkyl halides is 6. The van der Waals surface area contributed by atoms with Crippen molar-refractivity contribution in [1.82, 2.24) is 0 Å². The van der Waals surface area contributed by atoms with Gasteiger partial charge in [0.25, 0.3) is 0 Å². The zero-order valence-corrected chi connectivity index (χ0v) is 11.9. The highest BCUT2D eigenvalue weighted by Gasteiger charge is 2.40. The fourth-order valence-corrected chi connectivity index (χ4v) is 1.87. The number of halogens is 8. The Morgan fingerprint density at radius 3 is 1.95 bits per heavy atom. The van der Waals surface area contributed by atoms with Crippen molar-refractivity contribution in [2.75, 3.05) is 6.54 Å². The molecule has 2 nitrogen and oxygen atoms in total. The first-order chi connectivity index (χ1) is 9.48. The molecular formula is C12H14ClF7N2. The summed E-state index contributed by atoms with van der Waals surface area (Å²) in [4.78, 5) is 0. The van der Waals surface area contributed by atoms with E-state index in [0.717, 1.165) is 0 Å². The van der Waals surface area contributed by atoms with Gasteiger partial charge in [-0.2, -0.15) is 26.3 Å². The van der Waals surface area contributed by atoms with E-state index in [2.05, 4.69) is 0 Å². The van der Waals surface area contributed by atoms with Crippen molar-refractivity contribution in [2.24, 2.45) is 11.5 Å². The maximum atomic E-state index is 13.7. The van der Waals surface area contributed by atoms with Crippen LogP contribution in [-0.4, -0.2) is 6.54 Å². The minimum atomic E-state index is -5.14. The van der Waals surface area contributed by atoms with E-state index in [1.807, 2.05) is 0 Å². The summed E-state index contributed by atoms with van der Waals surface area (Å²) in [5.74, 6) is -1.62. The number of nitrogens with two attached hydrogens (primary N) is 2. The van der Waals surface area contributed by atoms with Crippen LogP contribution in [0.15, 0.2) is 12.1 Å². The van der Waals surface area contributed by atoms with Gasteiger partial charge in [0, 0.05) is 11.6 Å². The molecule has 1 rings (SSSR count). The van der Waals surface area contributed by atoms with Crippen LogP contribution < -0.4 is 11.5 Å². The van der Waals surface area contributed by atoms with Crippen molar-refractivity contribution in [3.8, 4) is 0 Å². The van der Waals surface area contributed by atoms with E-state index in [0.29, 0.717) is 0 Å². The van der Waals surface area contributed by atoms with E-state index in [1.54, 1.807) is 0 Å². The van der Waals surface area contributed by atoms with E-state index >= 15 is 0 Å². The van der Waals surface area contributed by atoms with Crippen LogP contribution >= 0.6 is 12.4 Å². The molecule has 0 aliphatic carbocycles. The van der Waals surface area contributed by atoms with Gasteiger partial charge in [-0.1, -0.05) is 0 Å². The van der Waals surface area contributed by atoms with Gasteiger partial charge in [-0.25, -0.2) is 4.39 Å². The molecule has 10 heteroatoms. The van der Waals surface area contributed by atoms with E-state index in [1.165, 1.54) is 0 Å². The molecule has 22 heavy (non-hydrogen) atoms. The summed E-state index contributed by atoms with van der Waals surface area (Å²) in [7, 11) is 0. The summed E-state index contributed by atoms with van der Waals surface area (Å²) >= 11 is 0. The Morgan fingerprint density at radius 1 is 1.00 bits per heavy atom. The lowest BCUT2D eigenvalue weighted by atomic mass is 9.94. The third kappa shape index (κ3) is 4.99. The third-order valence-corrected chi connectivity index (χ3v) is 2.85. The molecule has 1 atom stereocenters. The van der Waals surface area contributed by atoms with Gasteiger partial charge in [-0.15, -0.1) is 12.4 Å². The standard InChI is InChI=1S/C12H13F7N2.ClH/c13-8-5-6(11(14,15)16)4-7(12(17,18)19)10(8)9(21)2-1-3-20;/h4-5,9H,1-3,20-21H2;1H/t9-;/m0./s1. The second-order valence-electron chi connectivity index (χ2n) is 4.45. The van der Waals surface area contributed by atoms with Gasteiger partial charge >= 0.3 is 12.4 Å². The Hall–Kier alpha value is -1.06. The van der Waals surface area contributed by atoms with Gasteiger partial charge in [-0.05, 0) is 31.5 Å². The molecule has 0 aliphatic heterocycles. The van der Waals surface area contributed by atoms with Crippen molar-refractivity contribution in [2.45, 2.75) is 31.2 Å². The summed E-state index contributed by atoms with van der Waals surface area (Å²) in [6, 6.07) is -1.49. The molecule has 0 saturated carbocycles. The minimum Gasteiger partial charge on any atom is -0.330 e. The van der Waals surface area contributed by atoms with Crippen LogP contribution in [0.5, 0.6) is 0 Å². The zero-order valence-electron chi connectivity index (χ0n) is 11.1. The second kappa shape index (κ2) is 7.47. The largest absolute Gasteiger partial charge is 0.416 e. The molecule has 0 fully saturated rings. The fourth-order valence-electron chi connectivity index (χ4n) is 1.87. The van der Waals surface area contributed by atoms with Crippen molar-refractivity contribution in [3.63, 3.8) is 0 Å². The lowest BCUT2D eigenvalue weighted by Gasteiger charge is -2.21. The van der Waals surface area contributed by atoms with Gasteiger partial charge in [0.15, 0.2) is 0 Å². The summed E-state index contributed by atoms with van der Waals surface area (Å²) in [5, 5.41) is 0. The first-order valence-electron chi connectivity index (χ1n) is 5.92. The van der Waals surface area contributed by atoms with Gasteiger partial charge in [0.05, 0.1) is 11.1 Å². The first-order valence-corrected chi connectivity index (χ1v) is 5.92. The van der Waals surface area contributed by atoms with Crippen molar-refractivity contribution in [1.29, 1.82) is 0 Å².